The molecule has 0 saturated carbocycles. The number of epoxide rings is 1. The normalized spacial score (nSPS) is 52.2. The topological polar surface area (TPSA) is 24.6 Å². The van der Waals surface area contributed by atoms with Gasteiger partial charge in [-0.15, -0.1) is 0 Å². The largest absolute Gasteiger partial charge is 0.359 e. The number of ether oxygens (including phenoxy) is 1. The van der Waals surface area contributed by atoms with E-state index in [1.54, 1.807) is 0 Å². The maximum atomic E-state index is 5.80. The Balaban J connectivity index is 2.02. The Hall–Kier alpha value is -0.600. The standard InChI is InChI=1S/C10H13NO/c1-2-7-3-4-8-10(7)9(12-10)5-6-11-8/h2-4,8-9,11H,5-6H2,1H3/b7-2+/t8?,9-,10+/m1/s1. The Morgan fingerprint density at radius 3 is 3.50 bits per heavy atom. The highest BCUT2D eigenvalue weighted by Gasteiger charge is 2.65. The molecule has 0 radical (unpaired) electrons. The summed E-state index contributed by atoms with van der Waals surface area (Å²) in [5, 5.41) is 3.47. The lowest BCUT2D eigenvalue weighted by Gasteiger charge is -2.22. The lowest BCUT2D eigenvalue weighted by atomic mass is 9.89. The van der Waals surface area contributed by atoms with E-state index in [1.165, 1.54) is 5.57 Å². The molecule has 0 aromatic rings. The van der Waals surface area contributed by atoms with Gasteiger partial charge in [-0.1, -0.05) is 18.2 Å². The lowest BCUT2D eigenvalue weighted by molar-refractivity contribution is 0.312. The Labute approximate surface area is 72.3 Å². The van der Waals surface area contributed by atoms with Gasteiger partial charge in [-0.25, -0.2) is 0 Å². The molecule has 1 spiro atoms. The average molecular weight is 163 g/mol. The fourth-order valence-corrected chi connectivity index (χ4v) is 2.57. The molecule has 2 nitrogen and oxygen atoms in total. The van der Waals surface area contributed by atoms with Crippen LogP contribution in [0.3, 0.4) is 0 Å². The molecule has 2 saturated heterocycles. The van der Waals surface area contributed by atoms with Crippen LogP contribution in [0.2, 0.25) is 0 Å². The summed E-state index contributed by atoms with van der Waals surface area (Å²) in [6, 6.07) is 0.447. The highest BCUT2D eigenvalue weighted by molar-refractivity contribution is 5.48. The number of hydrogen-bond acceptors (Lipinski definition) is 2. The third kappa shape index (κ3) is 0.595. The molecule has 0 aromatic heterocycles. The second kappa shape index (κ2) is 2.01. The van der Waals surface area contributed by atoms with Gasteiger partial charge in [-0.3, -0.25) is 0 Å². The Morgan fingerprint density at radius 1 is 1.75 bits per heavy atom. The predicted octanol–water partition coefficient (Wildman–Crippen LogP) is 1.00. The van der Waals surface area contributed by atoms with E-state index in [0.29, 0.717) is 12.1 Å². The van der Waals surface area contributed by atoms with E-state index >= 15 is 0 Å². The number of allylic oxidation sites excluding steroid dienone is 1. The highest BCUT2D eigenvalue weighted by atomic mass is 16.6. The van der Waals surface area contributed by atoms with Gasteiger partial charge in [0, 0.05) is 0 Å². The van der Waals surface area contributed by atoms with Crippen LogP contribution in [0, 0.1) is 0 Å². The van der Waals surface area contributed by atoms with Gasteiger partial charge in [-0.05, 0) is 25.5 Å². The number of piperidine rings is 1. The van der Waals surface area contributed by atoms with Crippen LogP contribution in [0.15, 0.2) is 23.8 Å². The van der Waals surface area contributed by atoms with Crippen molar-refractivity contribution in [3.05, 3.63) is 23.8 Å². The smallest absolute Gasteiger partial charge is 0.138 e. The van der Waals surface area contributed by atoms with Crippen LogP contribution in [0.4, 0.5) is 0 Å². The SMILES string of the molecule is C/C=C1\C=CC2NCC[C@H]3O[C@@]123. The van der Waals surface area contributed by atoms with E-state index in [4.69, 9.17) is 4.74 Å². The Morgan fingerprint density at radius 2 is 2.67 bits per heavy atom. The fourth-order valence-electron chi connectivity index (χ4n) is 2.57. The molecule has 1 N–H and O–H groups in total. The second-order valence-corrected chi connectivity index (χ2v) is 3.72. The first-order valence-corrected chi connectivity index (χ1v) is 4.64. The lowest BCUT2D eigenvalue weighted by Crippen LogP contribution is -2.45. The summed E-state index contributed by atoms with van der Waals surface area (Å²) in [4.78, 5) is 0. The van der Waals surface area contributed by atoms with Crippen LogP contribution >= 0.6 is 0 Å². The molecular weight excluding hydrogens is 150 g/mol. The van der Waals surface area contributed by atoms with Crippen molar-refractivity contribution in [2.24, 2.45) is 0 Å². The zero-order valence-corrected chi connectivity index (χ0v) is 7.21. The zero-order chi connectivity index (χ0) is 8.18. The first-order valence-electron chi connectivity index (χ1n) is 4.64. The van der Waals surface area contributed by atoms with Crippen LogP contribution in [0.5, 0.6) is 0 Å². The van der Waals surface area contributed by atoms with Crippen LogP contribution in [-0.4, -0.2) is 24.3 Å². The van der Waals surface area contributed by atoms with Gasteiger partial charge in [0.05, 0.1) is 12.1 Å². The molecule has 0 amide bonds. The minimum Gasteiger partial charge on any atom is -0.359 e. The van der Waals surface area contributed by atoms with Gasteiger partial charge >= 0.3 is 0 Å². The van der Waals surface area contributed by atoms with Crippen molar-refractivity contribution in [2.75, 3.05) is 6.54 Å². The first kappa shape index (κ1) is 6.87. The van der Waals surface area contributed by atoms with E-state index in [2.05, 4.69) is 30.5 Å². The average Bonchev–Trinajstić information content (AvgIpc) is 2.72. The molecule has 12 heavy (non-hydrogen) atoms. The van der Waals surface area contributed by atoms with E-state index < -0.39 is 0 Å². The van der Waals surface area contributed by atoms with Gasteiger partial charge in [0.1, 0.15) is 5.60 Å². The zero-order valence-electron chi connectivity index (χ0n) is 7.21. The summed E-state index contributed by atoms with van der Waals surface area (Å²) < 4.78 is 5.80. The molecule has 2 aliphatic heterocycles. The monoisotopic (exact) mass is 163 g/mol. The fraction of sp³-hybridized carbons (Fsp3) is 0.600. The van der Waals surface area contributed by atoms with Gasteiger partial charge in [-0.2, -0.15) is 0 Å². The van der Waals surface area contributed by atoms with Gasteiger partial charge in [0.15, 0.2) is 0 Å². The number of rotatable bonds is 0. The quantitative estimate of drug-likeness (QED) is 0.539. The highest BCUT2D eigenvalue weighted by Crippen LogP contribution is 2.53. The molecule has 1 unspecified atom stereocenters. The summed E-state index contributed by atoms with van der Waals surface area (Å²) in [5.74, 6) is 0. The molecule has 3 rings (SSSR count). The maximum Gasteiger partial charge on any atom is 0.138 e. The van der Waals surface area contributed by atoms with Crippen LogP contribution < -0.4 is 5.32 Å². The Bertz CT molecular complexity index is 282. The summed E-state index contributed by atoms with van der Waals surface area (Å²) >= 11 is 0. The molecular formula is C10H13NO. The van der Waals surface area contributed by atoms with E-state index in [1.807, 2.05) is 0 Å². The first-order chi connectivity index (χ1) is 5.88. The number of hydrogen-bond donors (Lipinski definition) is 1. The summed E-state index contributed by atoms with van der Waals surface area (Å²) in [6.45, 7) is 3.18. The summed E-state index contributed by atoms with van der Waals surface area (Å²) in [5.41, 5.74) is 1.43. The summed E-state index contributed by atoms with van der Waals surface area (Å²) in [7, 11) is 0. The molecule has 2 heterocycles. The molecule has 2 fully saturated rings. The molecule has 64 valence electrons. The van der Waals surface area contributed by atoms with Crippen molar-refractivity contribution in [3.63, 3.8) is 0 Å². The maximum absolute atomic E-state index is 5.80. The second-order valence-electron chi connectivity index (χ2n) is 3.72. The van der Waals surface area contributed by atoms with Crippen molar-refractivity contribution in [1.29, 1.82) is 0 Å². The molecule has 3 aliphatic rings. The predicted molar refractivity (Wildman–Crippen MR) is 46.9 cm³/mol. The van der Waals surface area contributed by atoms with E-state index in [-0.39, 0.29) is 5.60 Å². The minimum atomic E-state index is 0.0625. The Kier molecular flexibility index (Phi) is 1.15. The molecule has 0 aromatic carbocycles. The molecule has 0 bridgehead atoms. The van der Waals surface area contributed by atoms with Crippen LogP contribution in [-0.2, 0) is 4.74 Å². The van der Waals surface area contributed by atoms with E-state index in [9.17, 15) is 0 Å². The van der Waals surface area contributed by atoms with Crippen molar-refractivity contribution in [2.45, 2.75) is 31.1 Å². The third-order valence-corrected chi connectivity index (χ3v) is 3.22. The van der Waals surface area contributed by atoms with Crippen molar-refractivity contribution in [1.82, 2.24) is 5.32 Å². The van der Waals surface area contributed by atoms with Crippen molar-refractivity contribution < 1.29 is 4.74 Å². The molecule has 2 heteroatoms. The van der Waals surface area contributed by atoms with Crippen LogP contribution in [0.1, 0.15) is 13.3 Å². The third-order valence-electron chi connectivity index (χ3n) is 3.22. The van der Waals surface area contributed by atoms with Crippen molar-refractivity contribution >= 4 is 0 Å². The van der Waals surface area contributed by atoms with Crippen molar-refractivity contribution in [3.8, 4) is 0 Å². The minimum absolute atomic E-state index is 0.0625. The molecule has 1 aliphatic carbocycles. The molecule has 3 atom stereocenters. The van der Waals surface area contributed by atoms with Gasteiger partial charge in [0.2, 0.25) is 0 Å². The van der Waals surface area contributed by atoms with Gasteiger partial charge < -0.3 is 10.1 Å². The van der Waals surface area contributed by atoms with E-state index in [0.717, 1.165) is 13.0 Å². The number of nitrogens with one attached hydrogen (secondary N) is 1. The van der Waals surface area contributed by atoms with Crippen LogP contribution in [0.25, 0.3) is 0 Å². The van der Waals surface area contributed by atoms with Gasteiger partial charge in [0.25, 0.3) is 0 Å². The summed E-state index contributed by atoms with van der Waals surface area (Å²) in [6.07, 6.45) is 8.25.